The standard InChI is InChI=1S/C13H13F2N3O2/c1-6-5-17-13(20-6)7(2)18-12(19)9-3-8(14)4-10(16)11(9)15/h3-5,7H,16H2,1-2H3,(H,18,19). The Morgan fingerprint density at radius 2 is 2.15 bits per heavy atom. The van der Waals surface area contributed by atoms with Crippen LogP contribution in [0.1, 0.15) is 35.0 Å². The lowest BCUT2D eigenvalue weighted by atomic mass is 10.1. The normalized spacial score (nSPS) is 12.2. The number of benzene rings is 1. The van der Waals surface area contributed by atoms with Gasteiger partial charge in [0.15, 0.2) is 5.82 Å². The van der Waals surface area contributed by atoms with Crippen LogP contribution in [0.15, 0.2) is 22.7 Å². The van der Waals surface area contributed by atoms with Crippen LogP contribution in [0.5, 0.6) is 0 Å². The average molecular weight is 281 g/mol. The number of hydrogen-bond donors (Lipinski definition) is 2. The van der Waals surface area contributed by atoms with Crippen LogP contribution < -0.4 is 11.1 Å². The number of halogens is 2. The molecule has 20 heavy (non-hydrogen) atoms. The second-order valence-electron chi connectivity index (χ2n) is 4.36. The zero-order valence-corrected chi connectivity index (χ0v) is 10.9. The van der Waals surface area contributed by atoms with Crippen LogP contribution in [0.2, 0.25) is 0 Å². The van der Waals surface area contributed by atoms with Crippen molar-refractivity contribution in [1.29, 1.82) is 0 Å². The molecule has 0 aliphatic rings. The van der Waals surface area contributed by atoms with E-state index >= 15 is 0 Å². The number of oxazole rings is 1. The molecule has 0 bridgehead atoms. The van der Waals surface area contributed by atoms with Gasteiger partial charge in [-0.1, -0.05) is 0 Å². The van der Waals surface area contributed by atoms with Gasteiger partial charge in [-0.05, 0) is 26.0 Å². The lowest BCUT2D eigenvalue weighted by Gasteiger charge is -2.11. The smallest absolute Gasteiger partial charge is 0.255 e. The maximum atomic E-state index is 13.7. The number of carbonyl (C=O) groups is 1. The number of nitrogens with one attached hydrogen (secondary N) is 1. The average Bonchev–Trinajstić information content (AvgIpc) is 2.80. The summed E-state index contributed by atoms with van der Waals surface area (Å²) in [5, 5.41) is 2.46. The predicted molar refractivity (Wildman–Crippen MR) is 67.9 cm³/mol. The second kappa shape index (κ2) is 5.28. The van der Waals surface area contributed by atoms with Crippen LogP contribution in [-0.2, 0) is 0 Å². The molecule has 0 aliphatic carbocycles. The van der Waals surface area contributed by atoms with Crippen molar-refractivity contribution in [3.8, 4) is 0 Å². The summed E-state index contributed by atoms with van der Waals surface area (Å²) < 4.78 is 32.1. The van der Waals surface area contributed by atoms with Crippen molar-refractivity contribution in [3.63, 3.8) is 0 Å². The van der Waals surface area contributed by atoms with E-state index in [1.165, 1.54) is 6.20 Å². The first-order valence-corrected chi connectivity index (χ1v) is 5.86. The number of aromatic nitrogens is 1. The van der Waals surface area contributed by atoms with Crippen molar-refractivity contribution in [1.82, 2.24) is 10.3 Å². The Kier molecular flexibility index (Phi) is 3.69. The molecule has 0 radical (unpaired) electrons. The largest absolute Gasteiger partial charge is 0.444 e. The molecule has 1 aromatic heterocycles. The van der Waals surface area contributed by atoms with Crippen molar-refractivity contribution >= 4 is 11.6 Å². The maximum absolute atomic E-state index is 13.7. The van der Waals surface area contributed by atoms with Gasteiger partial charge in [-0.2, -0.15) is 0 Å². The van der Waals surface area contributed by atoms with E-state index in [4.69, 9.17) is 10.2 Å². The fourth-order valence-electron chi connectivity index (χ4n) is 1.68. The summed E-state index contributed by atoms with van der Waals surface area (Å²) in [5.74, 6) is -1.67. The minimum absolute atomic E-state index is 0.278. The van der Waals surface area contributed by atoms with Gasteiger partial charge in [0.25, 0.3) is 5.91 Å². The molecule has 1 aromatic carbocycles. The van der Waals surface area contributed by atoms with Crippen LogP contribution in [0.3, 0.4) is 0 Å². The molecule has 1 unspecified atom stereocenters. The van der Waals surface area contributed by atoms with E-state index < -0.39 is 34.8 Å². The van der Waals surface area contributed by atoms with Gasteiger partial charge < -0.3 is 15.5 Å². The maximum Gasteiger partial charge on any atom is 0.255 e. The Hall–Kier alpha value is -2.44. The van der Waals surface area contributed by atoms with E-state index in [1.807, 2.05) is 0 Å². The van der Waals surface area contributed by atoms with Crippen LogP contribution in [0.25, 0.3) is 0 Å². The van der Waals surface area contributed by atoms with Gasteiger partial charge in [0.05, 0.1) is 17.4 Å². The number of aryl methyl sites for hydroxylation is 1. The summed E-state index contributed by atoms with van der Waals surface area (Å²) in [7, 11) is 0. The first kappa shape index (κ1) is 14.0. The molecule has 0 spiro atoms. The highest BCUT2D eigenvalue weighted by Crippen LogP contribution is 2.19. The van der Waals surface area contributed by atoms with Gasteiger partial charge in [-0.3, -0.25) is 4.79 Å². The number of nitrogens with zero attached hydrogens (tertiary/aromatic N) is 1. The Balaban J connectivity index is 2.20. The Morgan fingerprint density at radius 1 is 1.45 bits per heavy atom. The lowest BCUT2D eigenvalue weighted by molar-refractivity contribution is 0.0929. The van der Waals surface area contributed by atoms with E-state index in [-0.39, 0.29) is 5.89 Å². The van der Waals surface area contributed by atoms with Crippen molar-refractivity contribution in [2.75, 3.05) is 5.73 Å². The zero-order valence-electron chi connectivity index (χ0n) is 10.9. The topological polar surface area (TPSA) is 81.2 Å². The summed E-state index contributed by atoms with van der Waals surface area (Å²) in [6.07, 6.45) is 1.50. The number of hydrogen-bond acceptors (Lipinski definition) is 4. The molecule has 0 fully saturated rings. The molecule has 1 heterocycles. The quantitative estimate of drug-likeness (QED) is 0.846. The van der Waals surface area contributed by atoms with Gasteiger partial charge in [-0.15, -0.1) is 0 Å². The number of nitrogen functional groups attached to an aromatic ring is 1. The fourth-order valence-corrected chi connectivity index (χ4v) is 1.68. The number of rotatable bonds is 3. The van der Waals surface area contributed by atoms with Crippen molar-refractivity contribution in [2.24, 2.45) is 0 Å². The molecule has 1 atom stereocenters. The van der Waals surface area contributed by atoms with Crippen LogP contribution in [0, 0.1) is 18.6 Å². The molecule has 5 nitrogen and oxygen atoms in total. The summed E-state index contributed by atoms with van der Waals surface area (Å²) in [6, 6.07) is 1.02. The van der Waals surface area contributed by atoms with Gasteiger partial charge in [0.1, 0.15) is 17.6 Å². The van der Waals surface area contributed by atoms with E-state index in [2.05, 4.69) is 10.3 Å². The van der Waals surface area contributed by atoms with Gasteiger partial charge in [-0.25, -0.2) is 13.8 Å². The molecule has 7 heteroatoms. The van der Waals surface area contributed by atoms with E-state index in [1.54, 1.807) is 13.8 Å². The van der Waals surface area contributed by atoms with Gasteiger partial charge in [0.2, 0.25) is 5.89 Å². The summed E-state index contributed by atoms with van der Waals surface area (Å²) in [4.78, 5) is 15.9. The third-order valence-electron chi connectivity index (χ3n) is 2.67. The van der Waals surface area contributed by atoms with Crippen molar-refractivity contribution < 1.29 is 18.0 Å². The fraction of sp³-hybridized carbons (Fsp3) is 0.231. The highest BCUT2D eigenvalue weighted by molar-refractivity contribution is 5.95. The monoisotopic (exact) mass is 281 g/mol. The molecule has 3 N–H and O–H groups in total. The van der Waals surface area contributed by atoms with Crippen molar-refractivity contribution in [2.45, 2.75) is 19.9 Å². The number of anilines is 1. The molecule has 106 valence electrons. The lowest BCUT2D eigenvalue weighted by Crippen LogP contribution is -2.28. The molecule has 0 saturated carbocycles. The third kappa shape index (κ3) is 2.76. The summed E-state index contributed by atoms with van der Waals surface area (Å²) >= 11 is 0. The first-order valence-electron chi connectivity index (χ1n) is 5.86. The van der Waals surface area contributed by atoms with Crippen LogP contribution in [-0.4, -0.2) is 10.9 Å². The van der Waals surface area contributed by atoms with E-state index in [0.717, 1.165) is 12.1 Å². The van der Waals surface area contributed by atoms with Crippen LogP contribution in [0.4, 0.5) is 14.5 Å². The number of nitrogens with two attached hydrogens (primary N) is 1. The molecule has 2 aromatic rings. The first-order chi connectivity index (χ1) is 9.38. The van der Waals surface area contributed by atoms with Gasteiger partial charge in [0, 0.05) is 0 Å². The molecule has 1 amide bonds. The molecule has 2 rings (SSSR count). The number of carbonyl (C=O) groups excluding carboxylic acids is 1. The van der Waals surface area contributed by atoms with Gasteiger partial charge >= 0.3 is 0 Å². The second-order valence-corrected chi connectivity index (χ2v) is 4.36. The SMILES string of the molecule is Cc1cnc(C(C)NC(=O)c2cc(F)cc(N)c2F)o1. The Labute approximate surface area is 113 Å². The minimum atomic E-state index is -0.959. The highest BCUT2D eigenvalue weighted by Gasteiger charge is 2.20. The summed E-state index contributed by atoms with van der Waals surface area (Å²) in [5.41, 5.74) is 4.40. The molecule has 0 saturated heterocycles. The van der Waals surface area contributed by atoms with Crippen molar-refractivity contribution in [3.05, 3.63) is 47.2 Å². The van der Waals surface area contributed by atoms with Crippen LogP contribution >= 0.6 is 0 Å². The summed E-state index contributed by atoms with van der Waals surface area (Å²) in [6.45, 7) is 3.32. The zero-order chi connectivity index (χ0) is 14.9. The Bertz CT molecular complexity index is 655. The van der Waals surface area contributed by atoms with E-state index in [0.29, 0.717) is 5.76 Å². The molecule has 0 aliphatic heterocycles. The predicted octanol–water partition coefficient (Wildman–Crippen LogP) is 2.33. The van der Waals surface area contributed by atoms with E-state index in [9.17, 15) is 13.6 Å². The molecular weight excluding hydrogens is 268 g/mol. The molecular formula is C13H13F2N3O2. The number of amides is 1. The highest BCUT2D eigenvalue weighted by atomic mass is 19.1. The third-order valence-corrected chi connectivity index (χ3v) is 2.67. The minimum Gasteiger partial charge on any atom is -0.444 e. The Morgan fingerprint density at radius 3 is 2.75 bits per heavy atom.